The number of amides is 1. The van der Waals surface area contributed by atoms with E-state index in [1.807, 2.05) is 0 Å². The van der Waals surface area contributed by atoms with Gasteiger partial charge in [-0.05, 0) is 25.1 Å². The van der Waals surface area contributed by atoms with Crippen LogP contribution in [0.25, 0.3) is 5.69 Å². The summed E-state index contributed by atoms with van der Waals surface area (Å²) >= 11 is 0. The Hall–Kier alpha value is -3.69. The van der Waals surface area contributed by atoms with E-state index in [9.17, 15) is 28.1 Å². The predicted octanol–water partition coefficient (Wildman–Crippen LogP) is 4.36. The van der Waals surface area contributed by atoms with Gasteiger partial charge in [0.2, 0.25) is 0 Å². The van der Waals surface area contributed by atoms with E-state index in [0.717, 1.165) is 6.20 Å². The highest BCUT2D eigenvalue weighted by Crippen LogP contribution is 2.34. The van der Waals surface area contributed by atoms with E-state index in [2.05, 4.69) is 10.4 Å². The molecule has 3 rings (SSSR count). The minimum atomic E-state index is -4.85. The molecule has 10 heteroatoms. The minimum absolute atomic E-state index is 0.0415. The molecule has 0 atom stereocenters. The Morgan fingerprint density at radius 2 is 1.82 bits per heavy atom. The third-order valence-corrected chi connectivity index (χ3v) is 4.03. The summed E-state index contributed by atoms with van der Waals surface area (Å²) in [5, 5.41) is 17.0. The maximum atomic E-state index is 13.6. The van der Waals surface area contributed by atoms with Crippen molar-refractivity contribution in [3.8, 4) is 5.69 Å². The normalized spacial score (nSPS) is 11.3. The lowest BCUT2D eigenvalue weighted by Gasteiger charge is -2.13. The maximum Gasteiger partial charge on any atom is 0.434 e. The second-order valence-electron chi connectivity index (χ2n) is 5.81. The van der Waals surface area contributed by atoms with Gasteiger partial charge in [-0.2, -0.15) is 18.3 Å². The number of hydrogen-bond donors (Lipinski definition) is 1. The summed E-state index contributed by atoms with van der Waals surface area (Å²) in [6.07, 6.45) is -4.03. The van der Waals surface area contributed by atoms with Crippen LogP contribution in [0.2, 0.25) is 0 Å². The van der Waals surface area contributed by atoms with Crippen LogP contribution in [0.4, 0.5) is 24.5 Å². The van der Waals surface area contributed by atoms with Gasteiger partial charge in [0.15, 0.2) is 5.69 Å². The molecule has 0 aliphatic carbocycles. The van der Waals surface area contributed by atoms with E-state index >= 15 is 0 Å². The number of nitrogens with zero attached hydrogens (tertiary/aromatic N) is 3. The number of nitrogens with one attached hydrogen (secondary N) is 1. The molecule has 3 aromatic rings. The SMILES string of the molecule is Cc1c(NC(=O)c2cnn(-c3ccccc3)c2C(F)(F)F)cccc1[N+](=O)[O-]. The summed E-state index contributed by atoms with van der Waals surface area (Å²) in [4.78, 5) is 22.9. The van der Waals surface area contributed by atoms with Gasteiger partial charge in [-0.15, -0.1) is 0 Å². The largest absolute Gasteiger partial charge is 0.434 e. The Balaban J connectivity index is 2.03. The molecule has 0 spiro atoms. The van der Waals surface area contributed by atoms with Gasteiger partial charge in [0.05, 0.1) is 33.6 Å². The average Bonchev–Trinajstić information content (AvgIpc) is 3.09. The van der Waals surface area contributed by atoms with Crippen LogP contribution in [0.3, 0.4) is 0 Å². The average molecular weight is 390 g/mol. The van der Waals surface area contributed by atoms with Crippen LogP contribution < -0.4 is 5.32 Å². The van der Waals surface area contributed by atoms with E-state index in [4.69, 9.17) is 0 Å². The zero-order valence-electron chi connectivity index (χ0n) is 14.4. The maximum absolute atomic E-state index is 13.6. The van der Waals surface area contributed by atoms with Gasteiger partial charge >= 0.3 is 6.18 Å². The highest BCUT2D eigenvalue weighted by Gasteiger charge is 2.40. The monoisotopic (exact) mass is 390 g/mol. The third kappa shape index (κ3) is 3.56. The number of carbonyl (C=O) groups is 1. The lowest BCUT2D eigenvalue weighted by Crippen LogP contribution is -2.21. The molecular formula is C18H13F3N4O3. The van der Waals surface area contributed by atoms with E-state index < -0.39 is 28.3 Å². The number of para-hydroxylation sites is 1. The van der Waals surface area contributed by atoms with Gasteiger partial charge in [-0.1, -0.05) is 24.3 Å². The van der Waals surface area contributed by atoms with Crippen molar-refractivity contribution in [2.45, 2.75) is 13.1 Å². The topological polar surface area (TPSA) is 90.1 Å². The van der Waals surface area contributed by atoms with E-state index in [-0.39, 0.29) is 22.6 Å². The molecule has 2 aromatic carbocycles. The highest BCUT2D eigenvalue weighted by atomic mass is 19.4. The van der Waals surface area contributed by atoms with Crippen LogP contribution >= 0.6 is 0 Å². The molecule has 0 saturated heterocycles. The first kappa shape index (κ1) is 19.1. The Labute approximate surface area is 156 Å². The van der Waals surface area contributed by atoms with Gasteiger partial charge < -0.3 is 5.32 Å². The Morgan fingerprint density at radius 3 is 2.43 bits per heavy atom. The van der Waals surface area contributed by atoms with Gasteiger partial charge in [0.25, 0.3) is 11.6 Å². The minimum Gasteiger partial charge on any atom is -0.321 e. The van der Waals surface area contributed by atoms with Crippen molar-refractivity contribution in [3.63, 3.8) is 0 Å². The first-order valence-electron chi connectivity index (χ1n) is 7.96. The summed E-state index contributed by atoms with van der Waals surface area (Å²) in [5.74, 6) is -1.07. The molecular weight excluding hydrogens is 377 g/mol. The third-order valence-electron chi connectivity index (χ3n) is 4.03. The van der Waals surface area contributed by atoms with Crippen LogP contribution in [0.15, 0.2) is 54.7 Å². The lowest BCUT2D eigenvalue weighted by atomic mass is 10.1. The van der Waals surface area contributed by atoms with Gasteiger partial charge in [-0.3, -0.25) is 14.9 Å². The fourth-order valence-electron chi connectivity index (χ4n) is 2.70. The van der Waals surface area contributed by atoms with E-state index in [1.54, 1.807) is 18.2 Å². The van der Waals surface area contributed by atoms with Crippen LogP contribution in [-0.4, -0.2) is 20.6 Å². The van der Waals surface area contributed by atoms with Crippen molar-refractivity contribution >= 4 is 17.3 Å². The molecule has 144 valence electrons. The first-order valence-corrected chi connectivity index (χ1v) is 7.96. The van der Waals surface area contributed by atoms with Gasteiger partial charge in [0.1, 0.15) is 0 Å². The van der Waals surface area contributed by atoms with Crippen molar-refractivity contribution in [1.82, 2.24) is 9.78 Å². The Kier molecular flexibility index (Phi) is 4.87. The summed E-state index contributed by atoms with van der Waals surface area (Å²) in [5.41, 5.74) is -1.87. The molecule has 1 aromatic heterocycles. The van der Waals surface area contributed by atoms with Gasteiger partial charge in [0, 0.05) is 6.07 Å². The molecule has 0 radical (unpaired) electrons. The van der Waals surface area contributed by atoms with Crippen molar-refractivity contribution in [2.75, 3.05) is 5.32 Å². The highest BCUT2D eigenvalue weighted by molar-refractivity contribution is 6.05. The standard InChI is InChI=1S/C18H13F3N4O3/c1-11-14(8-5-9-15(11)25(27)28)23-17(26)13-10-22-24(16(13)18(19,20)21)12-6-3-2-4-7-12/h2-10H,1H3,(H,23,26). The fourth-order valence-corrected chi connectivity index (χ4v) is 2.70. The number of nitro groups is 1. The second-order valence-corrected chi connectivity index (χ2v) is 5.81. The van der Waals surface area contributed by atoms with E-state index in [1.165, 1.54) is 37.3 Å². The molecule has 0 fully saturated rings. The summed E-state index contributed by atoms with van der Waals surface area (Å²) in [6.45, 7) is 1.39. The Bertz CT molecular complexity index is 1050. The number of rotatable bonds is 4. The number of carbonyl (C=O) groups excluding carboxylic acids is 1. The molecule has 28 heavy (non-hydrogen) atoms. The number of nitro benzene ring substituents is 1. The molecule has 0 aliphatic rings. The van der Waals surface area contributed by atoms with Crippen LogP contribution in [0.5, 0.6) is 0 Å². The number of anilines is 1. The van der Waals surface area contributed by atoms with Crippen molar-refractivity contribution < 1.29 is 22.9 Å². The van der Waals surface area contributed by atoms with Crippen LogP contribution in [-0.2, 0) is 6.18 Å². The molecule has 1 amide bonds. The number of hydrogen-bond acceptors (Lipinski definition) is 4. The van der Waals surface area contributed by atoms with Crippen molar-refractivity contribution in [2.24, 2.45) is 0 Å². The first-order chi connectivity index (χ1) is 13.2. The van der Waals surface area contributed by atoms with Crippen LogP contribution in [0.1, 0.15) is 21.6 Å². The smallest absolute Gasteiger partial charge is 0.321 e. The molecule has 0 saturated carbocycles. The van der Waals surface area contributed by atoms with Crippen molar-refractivity contribution in [1.29, 1.82) is 0 Å². The van der Waals surface area contributed by atoms with Gasteiger partial charge in [-0.25, -0.2) is 4.68 Å². The second kappa shape index (κ2) is 7.14. The lowest BCUT2D eigenvalue weighted by molar-refractivity contribution is -0.385. The molecule has 7 nitrogen and oxygen atoms in total. The predicted molar refractivity (Wildman–Crippen MR) is 94.4 cm³/mol. The molecule has 0 aliphatic heterocycles. The number of alkyl halides is 3. The molecule has 1 heterocycles. The zero-order valence-corrected chi connectivity index (χ0v) is 14.4. The molecule has 0 unspecified atom stereocenters. The molecule has 1 N–H and O–H groups in total. The summed E-state index contributed by atoms with van der Waals surface area (Å²) < 4.78 is 41.6. The Morgan fingerprint density at radius 1 is 1.14 bits per heavy atom. The fraction of sp³-hybridized carbons (Fsp3) is 0.111. The molecule has 0 bridgehead atoms. The number of halogens is 3. The summed E-state index contributed by atoms with van der Waals surface area (Å²) in [7, 11) is 0. The number of aromatic nitrogens is 2. The van der Waals surface area contributed by atoms with Crippen molar-refractivity contribution in [3.05, 3.63) is 81.7 Å². The van der Waals surface area contributed by atoms with E-state index in [0.29, 0.717) is 4.68 Å². The zero-order chi connectivity index (χ0) is 20.5. The quantitative estimate of drug-likeness (QED) is 0.529. The van der Waals surface area contributed by atoms with Crippen LogP contribution in [0, 0.1) is 17.0 Å². The number of benzene rings is 2. The summed E-state index contributed by atoms with van der Waals surface area (Å²) in [6, 6.07) is 11.5.